The van der Waals surface area contributed by atoms with Gasteiger partial charge in [-0.3, -0.25) is 0 Å². The molecule has 0 aromatic heterocycles. The summed E-state index contributed by atoms with van der Waals surface area (Å²) in [6.07, 6.45) is 6.28. The van der Waals surface area contributed by atoms with E-state index in [2.05, 4.69) is 44.7 Å². The lowest BCUT2D eigenvalue weighted by Crippen LogP contribution is -2.30. The van der Waals surface area contributed by atoms with Crippen LogP contribution in [-0.2, 0) is 11.2 Å². The Balaban J connectivity index is 2.01. The van der Waals surface area contributed by atoms with Crippen molar-refractivity contribution >= 4 is 12.2 Å². The van der Waals surface area contributed by atoms with Crippen LogP contribution in [0.2, 0.25) is 0 Å². The summed E-state index contributed by atoms with van der Waals surface area (Å²) < 4.78 is 11.1. The van der Waals surface area contributed by atoms with Crippen molar-refractivity contribution in [3.63, 3.8) is 0 Å². The molecule has 0 saturated carbocycles. The van der Waals surface area contributed by atoms with Gasteiger partial charge < -0.3 is 9.47 Å². The van der Waals surface area contributed by atoms with Crippen molar-refractivity contribution in [2.24, 2.45) is 0 Å². The van der Waals surface area contributed by atoms with E-state index < -0.39 is 0 Å². The van der Waals surface area contributed by atoms with Crippen LogP contribution in [0.4, 0.5) is 0 Å². The number of hydrogen-bond acceptors (Lipinski definition) is 2. The summed E-state index contributed by atoms with van der Waals surface area (Å²) in [5.41, 5.74) is 3.18. The van der Waals surface area contributed by atoms with Gasteiger partial charge in [0, 0.05) is 6.42 Å². The molecule has 0 bridgehead atoms. The summed E-state index contributed by atoms with van der Waals surface area (Å²) in [6, 6.07) is 16.4. The lowest BCUT2D eigenvalue weighted by Gasteiger charge is -2.27. The van der Waals surface area contributed by atoms with Gasteiger partial charge in [0.15, 0.2) is 0 Å². The molecule has 0 atom stereocenters. The van der Waals surface area contributed by atoms with Gasteiger partial charge in [-0.25, -0.2) is 0 Å². The van der Waals surface area contributed by atoms with Crippen molar-refractivity contribution in [2.45, 2.75) is 25.9 Å². The predicted molar refractivity (Wildman–Crippen MR) is 97.4 cm³/mol. The van der Waals surface area contributed by atoms with Gasteiger partial charge in [0.05, 0.1) is 13.4 Å². The Morgan fingerprint density at radius 3 is 2.13 bits per heavy atom. The molecule has 23 heavy (non-hydrogen) atoms. The number of ether oxygens (including phenoxy) is 2. The van der Waals surface area contributed by atoms with Crippen molar-refractivity contribution < 1.29 is 9.47 Å². The molecular formula is C21H24O2. The smallest absolute Gasteiger partial charge is 0.120 e. The molecule has 2 aromatic rings. The molecule has 0 aliphatic rings. The van der Waals surface area contributed by atoms with E-state index in [1.54, 1.807) is 13.4 Å². The van der Waals surface area contributed by atoms with Crippen molar-refractivity contribution in [3.05, 3.63) is 78.1 Å². The first-order valence-electron chi connectivity index (χ1n) is 7.72. The van der Waals surface area contributed by atoms with Gasteiger partial charge in [-0.15, -0.1) is 0 Å². The molecule has 0 N–H and O–H groups in total. The summed E-state index contributed by atoms with van der Waals surface area (Å²) in [6.45, 7) is 7.97. The summed E-state index contributed by atoms with van der Waals surface area (Å²) in [5.74, 6) is 0.875. The highest BCUT2D eigenvalue weighted by Gasteiger charge is 2.20. The number of rotatable bonds is 7. The molecular weight excluding hydrogens is 284 g/mol. The first-order valence-corrected chi connectivity index (χ1v) is 7.72. The monoisotopic (exact) mass is 308 g/mol. The molecule has 0 aliphatic heterocycles. The fourth-order valence-corrected chi connectivity index (χ4v) is 2.41. The highest BCUT2D eigenvalue weighted by atomic mass is 16.5. The Morgan fingerprint density at radius 2 is 1.57 bits per heavy atom. The maximum Gasteiger partial charge on any atom is 0.120 e. The second-order valence-electron chi connectivity index (χ2n) is 6.09. The van der Waals surface area contributed by atoms with E-state index in [9.17, 15) is 0 Å². The molecule has 120 valence electrons. The fraction of sp³-hybridized carbons (Fsp3) is 0.238. The standard InChI is InChI=1S/C21H24O2/c1-5-17-10-12-20(13-11-17)23-21(2,3)16-19-8-6-18(7-9-19)14-15-22-4/h5-15H,1,16H2,2-4H3. The Bertz CT molecular complexity index is 649. The minimum Gasteiger partial charge on any atom is -0.504 e. The number of benzene rings is 2. The lowest BCUT2D eigenvalue weighted by molar-refractivity contribution is 0.110. The van der Waals surface area contributed by atoms with Crippen LogP contribution >= 0.6 is 0 Å². The minimum absolute atomic E-state index is 0.278. The van der Waals surface area contributed by atoms with Crippen LogP contribution < -0.4 is 4.74 Å². The Hall–Kier alpha value is -2.48. The molecule has 0 amide bonds. The Morgan fingerprint density at radius 1 is 0.957 bits per heavy atom. The Labute approximate surface area is 139 Å². The molecule has 2 heteroatoms. The van der Waals surface area contributed by atoms with Crippen LogP contribution in [0.15, 0.2) is 61.4 Å². The van der Waals surface area contributed by atoms with Crippen molar-refractivity contribution in [3.8, 4) is 5.75 Å². The second kappa shape index (κ2) is 7.68. The first-order chi connectivity index (χ1) is 11.0. The molecule has 0 fully saturated rings. The van der Waals surface area contributed by atoms with E-state index >= 15 is 0 Å². The summed E-state index contributed by atoms with van der Waals surface area (Å²) in [7, 11) is 1.65. The zero-order chi connectivity index (χ0) is 16.7. The third-order valence-corrected chi connectivity index (χ3v) is 3.52. The lowest BCUT2D eigenvalue weighted by atomic mass is 9.97. The molecule has 0 spiro atoms. The number of hydrogen-bond donors (Lipinski definition) is 0. The van der Waals surface area contributed by atoms with Crippen LogP contribution in [0.3, 0.4) is 0 Å². The van der Waals surface area contributed by atoms with Crippen LogP contribution in [-0.4, -0.2) is 12.7 Å². The topological polar surface area (TPSA) is 18.5 Å². The third kappa shape index (κ3) is 5.33. The molecule has 0 aliphatic carbocycles. The van der Waals surface area contributed by atoms with Crippen LogP contribution in [0, 0.1) is 0 Å². The SMILES string of the molecule is C=Cc1ccc(OC(C)(C)Cc2ccc(C=COC)cc2)cc1. The highest BCUT2D eigenvalue weighted by molar-refractivity contribution is 5.49. The zero-order valence-corrected chi connectivity index (χ0v) is 14.1. The normalized spacial score (nSPS) is 11.4. The van der Waals surface area contributed by atoms with E-state index in [0.717, 1.165) is 23.3 Å². The third-order valence-electron chi connectivity index (χ3n) is 3.52. The van der Waals surface area contributed by atoms with Gasteiger partial charge in [-0.1, -0.05) is 49.1 Å². The quantitative estimate of drug-likeness (QED) is 0.642. The molecule has 2 rings (SSSR count). The van der Waals surface area contributed by atoms with Gasteiger partial charge in [0.1, 0.15) is 11.4 Å². The second-order valence-corrected chi connectivity index (χ2v) is 6.09. The minimum atomic E-state index is -0.278. The predicted octanol–water partition coefficient (Wildman–Crippen LogP) is 5.35. The average molecular weight is 308 g/mol. The van der Waals surface area contributed by atoms with Crippen molar-refractivity contribution in [2.75, 3.05) is 7.11 Å². The number of methoxy groups -OCH3 is 1. The van der Waals surface area contributed by atoms with Crippen molar-refractivity contribution in [1.82, 2.24) is 0 Å². The summed E-state index contributed by atoms with van der Waals surface area (Å²) in [4.78, 5) is 0. The molecule has 0 heterocycles. The maximum atomic E-state index is 6.13. The van der Waals surface area contributed by atoms with Gasteiger partial charge in [-0.05, 0) is 48.7 Å². The van der Waals surface area contributed by atoms with Crippen LogP contribution in [0.25, 0.3) is 12.2 Å². The molecule has 0 radical (unpaired) electrons. The maximum absolute atomic E-state index is 6.13. The van der Waals surface area contributed by atoms with E-state index in [0.29, 0.717) is 0 Å². The van der Waals surface area contributed by atoms with Gasteiger partial charge in [0.2, 0.25) is 0 Å². The van der Waals surface area contributed by atoms with Crippen LogP contribution in [0.5, 0.6) is 5.75 Å². The van der Waals surface area contributed by atoms with E-state index in [1.165, 1.54) is 5.56 Å². The van der Waals surface area contributed by atoms with Gasteiger partial charge in [0.25, 0.3) is 0 Å². The van der Waals surface area contributed by atoms with E-state index in [4.69, 9.17) is 9.47 Å². The van der Waals surface area contributed by atoms with Crippen molar-refractivity contribution in [1.29, 1.82) is 0 Å². The largest absolute Gasteiger partial charge is 0.504 e. The molecule has 2 nitrogen and oxygen atoms in total. The summed E-state index contributed by atoms with van der Waals surface area (Å²) in [5, 5.41) is 0. The van der Waals surface area contributed by atoms with E-state index in [-0.39, 0.29) is 5.60 Å². The molecule has 0 saturated heterocycles. The Kier molecular flexibility index (Phi) is 5.64. The average Bonchev–Trinajstić information content (AvgIpc) is 2.54. The fourth-order valence-electron chi connectivity index (χ4n) is 2.41. The summed E-state index contributed by atoms with van der Waals surface area (Å²) >= 11 is 0. The highest BCUT2D eigenvalue weighted by Crippen LogP contribution is 2.23. The van der Waals surface area contributed by atoms with Gasteiger partial charge >= 0.3 is 0 Å². The van der Waals surface area contributed by atoms with Gasteiger partial charge in [-0.2, -0.15) is 0 Å². The van der Waals surface area contributed by atoms with Crippen LogP contribution in [0.1, 0.15) is 30.5 Å². The molecule has 0 unspecified atom stereocenters. The molecule has 2 aromatic carbocycles. The first kappa shape index (κ1) is 16.9. The zero-order valence-electron chi connectivity index (χ0n) is 14.1. The van der Waals surface area contributed by atoms with E-state index in [1.807, 2.05) is 36.4 Å².